The van der Waals surface area contributed by atoms with Crippen LogP contribution in [0.5, 0.6) is 5.75 Å². The van der Waals surface area contributed by atoms with E-state index in [1.807, 2.05) is 11.8 Å². The number of ether oxygens (including phenoxy) is 1. The lowest BCUT2D eigenvalue weighted by Crippen LogP contribution is -2.33. The van der Waals surface area contributed by atoms with E-state index in [2.05, 4.69) is 97.1 Å². The van der Waals surface area contributed by atoms with E-state index < -0.39 is 0 Å². The molecule has 0 bridgehead atoms. The molecule has 1 nitrogen and oxygen atoms in total. The average Bonchev–Trinajstić information content (AvgIpc) is 2.75. The van der Waals surface area contributed by atoms with Crippen molar-refractivity contribution in [3.63, 3.8) is 0 Å². The minimum absolute atomic E-state index is 0.133. The van der Waals surface area contributed by atoms with Crippen LogP contribution >= 0.6 is 11.8 Å². The van der Waals surface area contributed by atoms with Crippen LogP contribution in [-0.2, 0) is 4.75 Å². The Hall–Kier alpha value is -2.45. The molecule has 1 aliphatic heterocycles. The molecule has 0 N–H and O–H groups in total. The van der Waals surface area contributed by atoms with Gasteiger partial charge in [-0.05, 0) is 28.8 Å². The van der Waals surface area contributed by atoms with Crippen molar-refractivity contribution in [3.8, 4) is 5.75 Å². The molecule has 1 atom stereocenters. The first-order chi connectivity index (χ1) is 12.8. The summed E-state index contributed by atoms with van der Waals surface area (Å²) < 4.78 is 5.22. The molecule has 2 heteroatoms. The Morgan fingerprint density at radius 1 is 0.808 bits per heavy atom. The van der Waals surface area contributed by atoms with Crippen molar-refractivity contribution >= 4 is 11.8 Å². The van der Waals surface area contributed by atoms with Crippen molar-refractivity contribution in [2.45, 2.75) is 10.7 Å². The maximum Gasteiger partial charge on any atom is 0.118 e. The highest BCUT2D eigenvalue weighted by molar-refractivity contribution is 8.00. The minimum Gasteiger partial charge on any atom is -0.497 e. The van der Waals surface area contributed by atoms with Gasteiger partial charge in [0.15, 0.2) is 0 Å². The fourth-order valence-corrected chi connectivity index (χ4v) is 5.29. The number of rotatable bonds is 4. The smallest absolute Gasteiger partial charge is 0.118 e. The molecular weight excluding hydrogens is 336 g/mol. The van der Waals surface area contributed by atoms with E-state index in [0.29, 0.717) is 0 Å². The van der Waals surface area contributed by atoms with Crippen LogP contribution in [0.2, 0.25) is 0 Å². The highest BCUT2D eigenvalue weighted by Crippen LogP contribution is 2.55. The molecule has 0 saturated heterocycles. The van der Waals surface area contributed by atoms with E-state index in [9.17, 15) is 0 Å². The molecule has 0 aliphatic carbocycles. The molecule has 3 aromatic carbocycles. The predicted molar refractivity (Wildman–Crippen MR) is 111 cm³/mol. The molecule has 0 spiro atoms. The quantitative estimate of drug-likeness (QED) is 0.527. The first-order valence-corrected chi connectivity index (χ1v) is 9.89. The van der Waals surface area contributed by atoms with Crippen LogP contribution in [0.15, 0.2) is 97.1 Å². The molecular formula is C24H22OS. The summed E-state index contributed by atoms with van der Waals surface area (Å²) in [4.78, 5) is 0. The molecule has 0 saturated carbocycles. The number of allylic oxidation sites excluding steroid dienone is 1. The van der Waals surface area contributed by atoms with Gasteiger partial charge in [0, 0.05) is 11.7 Å². The number of methoxy groups -OCH3 is 1. The van der Waals surface area contributed by atoms with Crippen LogP contribution in [-0.4, -0.2) is 12.9 Å². The lowest BCUT2D eigenvalue weighted by Gasteiger charge is -2.42. The molecule has 1 heterocycles. The largest absolute Gasteiger partial charge is 0.497 e. The van der Waals surface area contributed by atoms with E-state index in [1.165, 1.54) is 16.7 Å². The Labute approximate surface area is 159 Å². The Bertz CT molecular complexity index is 830. The molecule has 1 aliphatic rings. The van der Waals surface area contributed by atoms with E-state index in [1.54, 1.807) is 7.11 Å². The summed E-state index contributed by atoms with van der Waals surface area (Å²) in [5, 5.41) is 0. The standard InChI is InChI=1S/C24H22OS/c1-25-22-16-14-19(15-17-22)23-13-8-18-26-24(23,20-9-4-2-5-10-20)21-11-6-3-7-12-21/h2-17,23H,18H2,1H3. The van der Waals surface area contributed by atoms with Crippen molar-refractivity contribution in [1.29, 1.82) is 0 Å². The van der Waals surface area contributed by atoms with Gasteiger partial charge >= 0.3 is 0 Å². The van der Waals surface area contributed by atoms with Gasteiger partial charge < -0.3 is 4.74 Å². The highest BCUT2D eigenvalue weighted by Gasteiger charge is 2.43. The lowest BCUT2D eigenvalue weighted by molar-refractivity contribution is 0.414. The molecule has 0 fully saturated rings. The fourth-order valence-electron chi connectivity index (χ4n) is 3.82. The summed E-state index contributed by atoms with van der Waals surface area (Å²) in [6.45, 7) is 0. The van der Waals surface area contributed by atoms with Gasteiger partial charge in [-0.3, -0.25) is 0 Å². The maximum atomic E-state index is 5.35. The van der Waals surface area contributed by atoms with Gasteiger partial charge in [0.2, 0.25) is 0 Å². The van der Waals surface area contributed by atoms with Gasteiger partial charge in [-0.25, -0.2) is 0 Å². The third kappa shape index (κ3) is 2.95. The summed E-state index contributed by atoms with van der Waals surface area (Å²) in [6.07, 6.45) is 4.67. The zero-order valence-electron chi connectivity index (χ0n) is 14.8. The van der Waals surface area contributed by atoms with Crippen LogP contribution in [0.3, 0.4) is 0 Å². The van der Waals surface area contributed by atoms with Gasteiger partial charge in [0.1, 0.15) is 5.75 Å². The SMILES string of the molecule is COc1ccc(C2C=CCSC2(c2ccccc2)c2ccccc2)cc1. The molecule has 0 radical (unpaired) electrons. The second-order valence-electron chi connectivity index (χ2n) is 6.46. The summed E-state index contributed by atoms with van der Waals surface area (Å²) in [5.74, 6) is 2.17. The monoisotopic (exact) mass is 358 g/mol. The summed E-state index contributed by atoms with van der Waals surface area (Å²) in [6, 6.07) is 30.3. The Morgan fingerprint density at radius 3 is 1.92 bits per heavy atom. The molecule has 3 aromatic rings. The molecule has 4 rings (SSSR count). The predicted octanol–water partition coefficient (Wildman–Crippen LogP) is 6.03. The second-order valence-corrected chi connectivity index (χ2v) is 7.72. The van der Waals surface area contributed by atoms with Gasteiger partial charge in [-0.2, -0.15) is 0 Å². The fraction of sp³-hybridized carbons (Fsp3) is 0.167. The van der Waals surface area contributed by atoms with Crippen molar-refractivity contribution < 1.29 is 4.74 Å². The minimum atomic E-state index is -0.133. The van der Waals surface area contributed by atoms with E-state index in [-0.39, 0.29) is 10.7 Å². The highest BCUT2D eigenvalue weighted by atomic mass is 32.2. The Kier molecular flexibility index (Phi) is 4.85. The zero-order valence-corrected chi connectivity index (χ0v) is 15.7. The molecule has 130 valence electrons. The molecule has 0 amide bonds. The van der Waals surface area contributed by atoms with Crippen LogP contribution in [0.1, 0.15) is 22.6 Å². The van der Waals surface area contributed by atoms with Gasteiger partial charge in [0.25, 0.3) is 0 Å². The topological polar surface area (TPSA) is 9.23 Å². The summed E-state index contributed by atoms with van der Waals surface area (Å²) in [7, 11) is 1.71. The van der Waals surface area contributed by atoms with Crippen LogP contribution in [0.25, 0.3) is 0 Å². The normalized spacial score (nSPS) is 18.4. The van der Waals surface area contributed by atoms with Gasteiger partial charge in [0.05, 0.1) is 11.9 Å². The van der Waals surface area contributed by atoms with Crippen molar-refractivity contribution in [2.75, 3.05) is 12.9 Å². The van der Waals surface area contributed by atoms with Crippen LogP contribution in [0.4, 0.5) is 0 Å². The lowest BCUT2D eigenvalue weighted by atomic mass is 9.75. The second kappa shape index (κ2) is 7.43. The number of hydrogen-bond donors (Lipinski definition) is 0. The van der Waals surface area contributed by atoms with Crippen LogP contribution < -0.4 is 4.74 Å². The van der Waals surface area contributed by atoms with Gasteiger partial charge in [-0.1, -0.05) is 84.9 Å². The summed E-state index contributed by atoms with van der Waals surface area (Å²) in [5.41, 5.74) is 4.00. The first-order valence-electron chi connectivity index (χ1n) is 8.90. The Morgan fingerprint density at radius 2 is 1.38 bits per heavy atom. The maximum absolute atomic E-state index is 5.35. The van der Waals surface area contributed by atoms with Crippen molar-refractivity contribution in [2.24, 2.45) is 0 Å². The van der Waals surface area contributed by atoms with E-state index in [4.69, 9.17) is 4.74 Å². The van der Waals surface area contributed by atoms with Crippen LogP contribution in [0, 0.1) is 0 Å². The third-order valence-electron chi connectivity index (χ3n) is 5.05. The van der Waals surface area contributed by atoms with Gasteiger partial charge in [-0.15, -0.1) is 11.8 Å². The number of benzene rings is 3. The summed E-state index contributed by atoms with van der Waals surface area (Å²) >= 11 is 2.01. The van der Waals surface area contributed by atoms with Crippen molar-refractivity contribution in [1.82, 2.24) is 0 Å². The first kappa shape index (κ1) is 17.0. The number of thioether (sulfide) groups is 1. The van der Waals surface area contributed by atoms with E-state index >= 15 is 0 Å². The number of hydrogen-bond acceptors (Lipinski definition) is 2. The van der Waals surface area contributed by atoms with Crippen molar-refractivity contribution in [3.05, 3.63) is 114 Å². The zero-order chi connectivity index (χ0) is 17.8. The molecule has 0 aromatic heterocycles. The average molecular weight is 359 g/mol. The third-order valence-corrected chi connectivity index (χ3v) is 6.59. The molecule has 1 unspecified atom stereocenters. The van der Waals surface area contributed by atoms with E-state index in [0.717, 1.165) is 11.5 Å². The molecule has 26 heavy (non-hydrogen) atoms. The Balaban J connectivity index is 1.91.